The van der Waals surface area contributed by atoms with E-state index in [1.165, 1.54) is 0 Å². The summed E-state index contributed by atoms with van der Waals surface area (Å²) in [4.78, 5) is 4.12. The number of rotatable bonds is 6. The van der Waals surface area contributed by atoms with Crippen molar-refractivity contribution < 1.29 is 9.13 Å². The van der Waals surface area contributed by atoms with Gasteiger partial charge in [0.15, 0.2) is 11.6 Å². The quantitative estimate of drug-likeness (QED) is 0.846. The molecule has 0 unspecified atom stereocenters. The van der Waals surface area contributed by atoms with Gasteiger partial charge in [0.2, 0.25) is 0 Å². The molecule has 0 aliphatic heterocycles. The molecule has 0 saturated heterocycles. The molecule has 0 bridgehead atoms. The first-order valence-electron chi connectivity index (χ1n) is 7.65. The van der Waals surface area contributed by atoms with E-state index in [9.17, 15) is 4.39 Å². The Balaban J connectivity index is 1.92. The van der Waals surface area contributed by atoms with Crippen LogP contribution in [0.2, 0.25) is 0 Å². The largest absolute Gasteiger partial charge is 0.378 e. The highest BCUT2D eigenvalue weighted by molar-refractivity contribution is 5.41. The molecule has 2 rings (SSSR count). The minimum absolute atomic E-state index is 0.0397. The first-order chi connectivity index (χ1) is 9.89. The Morgan fingerprint density at radius 2 is 2.10 bits per heavy atom. The fourth-order valence-electron chi connectivity index (χ4n) is 2.33. The second-order valence-electron chi connectivity index (χ2n) is 6.63. The first kappa shape index (κ1) is 16.2. The van der Waals surface area contributed by atoms with E-state index in [-0.39, 0.29) is 17.4 Å². The Kier molecular flexibility index (Phi) is 5.17. The lowest BCUT2D eigenvalue weighted by Gasteiger charge is -2.35. The van der Waals surface area contributed by atoms with Crippen LogP contribution in [0, 0.1) is 5.82 Å². The number of nitrogens with zero attached hydrogens (tertiary/aromatic N) is 1. The standard InChI is InChI=1S/C16H26FN3O/c1-5-21-13-8-12(9-13)20-15-14(17)11(6-7-18-15)10-19-16(2,3)4/h6-7,12-13,19H,5,8-10H2,1-4H3,(H,18,20). The zero-order valence-corrected chi connectivity index (χ0v) is 13.4. The van der Waals surface area contributed by atoms with Crippen LogP contribution in [-0.4, -0.2) is 29.3 Å². The first-order valence-corrected chi connectivity index (χ1v) is 7.65. The maximum atomic E-state index is 14.4. The van der Waals surface area contributed by atoms with E-state index in [1.807, 2.05) is 6.92 Å². The molecular formula is C16H26FN3O. The summed E-state index contributed by atoms with van der Waals surface area (Å²) in [6.45, 7) is 9.42. The summed E-state index contributed by atoms with van der Waals surface area (Å²) in [5, 5.41) is 6.47. The van der Waals surface area contributed by atoms with Crippen LogP contribution >= 0.6 is 0 Å². The van der Waals surface area contributed by atoms with Crippen LogP contribution in [0.5, 0.6) is 0 Å². The molecule has 1 aromatic rings. The van der Waals surface area contributed by atoms with Crippen molar-refractivity contribution in [3.63, 3.8) is 0 Å². The Morgan fingerprint density at radius 3 is 2.71 bits per heavy atom. The van der Waals surface area contributed by atoms with Crippen LogP contribution in [0.4, 0.5) is 10.2 Å². The third kappa shape index (κ3) is 4.64. The molecule has 2 N–H and O–H groups in total. The predicted octanol–water partition coefficient (Wildman–Crippen LogP) is 3.09. The molecular weight excluding hydrogens is 269 g/mol. The Morgan fingerprint density at radius 1 is 1.38 bits per heavy atom. The lowest BCUT2D eigenvalue weighted by Crippen LogP contribution is -2.41. The van der Waals surface area contributed by atoms with Crippen LogP contribution in [0.1, 0.15) is 46.1 Å². The minimum atomic E-state index is -0.255. The van der Waals surface area contributed by atoms with Crippen LogP contribution in [0.3, 0.4) is 0 Å². The van der Waals surface area contributed by atoms with Crippen LogP contribution < -0.4 is 10.6 Å². The van der Waals surface area contributed by atoms with Crippen LogP contribution in [0.25, 0.3) is 0 Å². The Hall–Kier alpha value is -1.20. The monoisotopic (exact) mass is 295 g/mol. The van der Waals surface area contributed by atoms with Gasteiger partial charge < -0.3 is 15.4 Å². The SMILES string of the molecule is CCOC1CC(Nc2nccc(CNC(C)(C)C)c2F)C1. The van der Waals surface area contributed by atoms with Crippen molar-refractivity contribution in [1.82, 2.24) is 10.3 Å². The molecule has 0 atom stereocenters. The molecule has 21 heavy (non-hydrogen) atoms. The van der Waals surface area contributed by atoms with Crippen molar-refractivity contribution >= 4 is 5.82 Å². The van der Waals surface area contributed by atoms with E-state index < -0.39 is 0 Å². The van der Waals surface area contributed by atoms with Gasteiger partial charge in [-0.2, -0.15) is 0 Å². The summed E-state index contributed by atoms with van der Waals surface area (Å²) >= 11 is 0. The molecule has 0 radical (unpaired) electrons. The average Bonchev–Trinajstić information content (AvgIpc) is 2.36. The smallest absolute Gasteiger partial charge is 0.169 e. The fraction of sp³-hybridized carbons (Fsp3) is 0.688. The second-order valence-corrected chi connectivity index (χ2v) is 6.63. The number of halogens is 1. The van der Waals surface area contributed by atoms with Gasteiger partial charge in [-0.05, 0) is 46.6 Å². The zero-order chi connectivity index (χ0) is 15.5. The molecule has 1 heterocycles. The summed E-state index contributed by atoms with van der Waals surface area (Å²) in [6, 6.07) is 1.98. The van der Waals surface area contributed by atoms with Crippen LogP contribution in [0.15, 0.2) is 12.3 Å². The molecule has 0 spiro atoms. The molecule has 1 aliphatic carbocycles. The second kappa shape index (κ2) is 6.71. The van der Waals surface area contributed by atoms with Gasteiger partial charge in [-0.15, -0.1) is 0 Å². The van der Waals surface area contributed by atoms with Crippen molar-refractivity contribution in [2.75, 3.05) is 11.9 Å². The van der Waals surface area contributed by atoms with E-state index in [1.54, 1.807) is 12.3 Å². The maximum absolute atomic E-state index is 14.4. The van der Waals surface area contributed by atoms with E-state index >= 15 is 0 Å². The van der Waals surface area contributed by atoms with Gasteiger partial charge >= 0.3 is 0 Å². The van der Waals surface area contributed by atoms with Crippen molar-refractivity contribution in [3.8, 4) is 0 Å². The molecule has 1 fully saturated rings. The predicted molar refractivity (Wildman–Crippen MR) is 82.8 cm³/mol. The van der Waals surface area contributed by atoms with E-state index in [4.69, 9.17) is 4.74 Å². The fourth-order valence-corrected chi connectivity index (χ4v) is 2.33. The van der Waals surface area contributed by atoms with Crippen molar-refractivity contribution in [1.29, 1.82) is 0 Å². The highest BCUT2D eigenvalue weighted by atomic mass is 19.1. The maximum Gasteiger partial charge on any atom is 0.169 e. The molecule has 1 aromatic heterocycles. The summed E-state index contributed by atoms with van der Waals surface area (Å²) in [5.41, 5.74) is 0.602. The molecule has 0 aromatic carbocycles. The number of hydrogen-bond acceptors (Lipinski definition) is 4. The van der Waals surface area contributed by atoms with Gasteiger partial charge in [-0.3, -0.25) is 0 Å². The van der Waals surface area contributed by atoms with Gasteiger partial charge in [0.05, 0.1) is 6.10 Å². The summed E-state index contributed by atoms with van der Waals surface area (Å²) in [5.74, 6) is 0.0947. The topological polar surface area (TPSA) is 46.2 Å². The van der Waals surface area contributed by atoms with Gasteiger partial charge in [0, 0.05) is 36.5 Å². The number of ether oxygens (including phenoxy) is 1. The molecule has 0 amide bonds. The number of nitrogens with one attached hydrogen (secondary N) is 2. The number of pyridine rings is 1. The number of hydrogen-bond donors (Lipinski definition) is 2. The molecule has 5 heteroatoms. The average molecular weight is 295 g/mol. The molecule has 1 saturated carbocycles. The van der Waals surface area contributed by atoms with E-state index in [2.05, 4.69) is 36.4 Å². The van der Waals surface area contributed by atoms with Gasteiger partial charge in [0.25, 0.3) is 0 Å². The van der Waals surface area contributed by atoms with Gasteiger partial charge in [-0.1, -0.05) is 0 Å². The molecule has 4 nitrogen and oxygen atoms in total. The van der Waals surface area contributed by atoms with Gasteiger partial charge in [0.1, 0.15) is 0 Å². The number of aromatic nitrogens is 1. The number of anilines is 1. The normalized spacial score (nSPS) is 22.0. The van der Waals surface area contributed by atoms with E-state index in [0.717, 1.165) is 19.4 Å². The summed E-state index contributed by atoms with van der Waals surface area (Å²) < 4.78 is 19.9. The molecule has 1 aliphatic rings. The molecule has 118 valence electrons. The van der Waals surface area contributed by atoms with Gasteiger partial charge in [-0.25, -0.2) is 9.37 Å². The lowest BCUT2D eigenvalue weighted by atomic mass is 9.89. The van der Waals surface area contributed by atoms with Crippen molar-refractivity contribution in [3.05, 3.63) is 23.6 Å². The van der Waals surface area contributed by atoms with Crippen molar-refractivity contribution in [2.45, 2.75) is 64.8 Å². The summed E-state index contributed by atoms with van der Waals surface area (Å²) in [6.07, 6.45) is 3.80. The van der Waals surface area contributed by atoms with Crippen LogP contribution in [-0.2, 0) is 11.3 Å². The highest BCUT2D eigenvalue weighted by Crippen LogP contribution is 2.27. The van der Waals surface area contributed by atoms with E-state index in [0.29, 0.717) is 24.0 Å². The van der Waals surface area contributed by atoms with Crippen molar-refractivity contribution in [2.24, 2.45) is 0 Å². The Bertz CT molecular complexity index is 467. The Labute approximate surface area is 126 Å². The highest BCUT2D eigenvalue weighted by Gasteiger charge is 2.30. The summed E-state index contributed by atoms with van der Waals surface area (Å²) in [7, 11) is 0. The third-order valence-corrected chi connectivity index (χ3v) is 3.62. The zero-order valence-electron chi connectivity index (χ0n) is 13.4. The third-order valence-electron chi connectivity index (χ3n) is 3.62. The lowest BCUT2D eigenvalue weighted by molar-refractivity contribution is 0.00285. The minimum Gasteiger partial charge on any atom is -0.378 e.